The zero-order chi connectivity index (χ0) is 15.4. The summed E-state index contributed by atoms with van der Waals surface area (Å²) < 4.78 is 33.1. The molecule has 0 saturated carbocycles. The summed E-state index contributed by atoms with van der Waals surface area (Å²) in [7, 11) is 0. The number of aryl methyl sites for hydroxylation is 1. The van der Waals surface area contributed by atoms with Crippen LogP contribution in [0.1, 0.15) is 29.7 Å². The highest BCUT2D eigenvalue weighted by Gasteiger charge is 2.20. The lowest BCUT2D eigenvalue weighted by Gasteiger charge is -2.18. The summed E-state index contributed by atoms with van der Waals surface area (Å²) in [4.78, 5) is 0. The molecule has 3 N–H and O–H groups in total. The van der Waals surface area contributed by atoms with Gasteiger partial charge in [0.05, 0.1) is 12.6 Å². The molecule has 21 heavy (non-hydrogen) atoms. The minimum absolute atomic E-state index is 0.171. The Labute approximate surface area is 122 Å². The van der Waals surface area contributed by atoms with Gasteiger partial charge in [0, 0.05) is 5.56 Å². The highest BCUT2D eigenvalue weighted by molar-refractivity contribution is 5.37. The number of nitrogens with one attached hydrogen (secondary N) is 1. The van der Waals surface area contributed by atoms with Gasteiger partial charge >= 0.3 is 0 Å². The van der Waals surface area contributed by atoms with Crippen LogP contribution in [0.5, 0.6) is 5.75 Å². The van der Waals surface area contributed by atoms with Crippen molar-refractivity contribution in [2.45, 2.75) is 19.9 Å². The molecule has 5 heteroatoms. The summed E-state index contributed by atoms with van der Waals surface area (Å²) in [6.07, 6.45) is 0. The number of halogens is 2. The molecule has 3 nitrogen and oxygen atoms in total. The number of hydrazine groups is 1. The van der Waals surface area contributed by atoms with Crippen molar-refractivity contribution in [1.82, 2.24) is 5.43 Å². The predicted molar refractivity (Wildman–Crippen MR) is 77.9 cm³/mol. The van der Waals surface area contributed by atoms with Gasteiger partial charge in [-0.05, 0) is 37.1 Å². The van der Waals surface area contributed by atoms with Crippen LogP contribution in [0.15, 0.2) is 36.4 Å². The second kappa shape index (κ2) is 6.65. The second-order valence-electron chi connectivity index (χ2n) is 4.70. The fourth-order valence-electron chi connectivity index (χ4n) is 2.17. The third-order valence-electron chi connectivity index (χ3n) is 3.31. The van der Waals surface area contributed by atoms with Gasteiger partial charge in [-0.15, -0.1) is 0 Å². The summed E-state index contributed by atoms with van der Waals surface area (Å²) in [5.74, 6) is 4.50. The molecular formula is C16H18F2N2O. The molecule has 0 aromatic heterocycles. The highest BCUT2D eigenvalue weighted by Crippen LogP contribution is 2.27. The van der Waals surface area contributed by atoms with Crippen molar-refractivity contribution < 1.29 is 13.5 Å². The fourth-order valence-corrected chi connectivity index (χ4v) is 2.17. The predicted octanol–water partition coefficient (Wildman–Crippen LogP) is 3.22. The van der Waals surface area contributed by atoms with Gasteiger partial charge in [0.1, 0.15) is 5.75 Å². The monoisotopic (exact) mass is 292 g/mol. The van der Waals surface area contributed by atoms with Crippen molar-refractivity contribution in [3.05, 3.63) is 64.7 Å². The van der Waals surface area contributed by atoms with Crippen LogP contribution >= 0.6 is 0 Å². The van der Waals surface area contributed by atoms with E-state index < -0.39 is 17.7 Å². The van der Waals surface area contributed by atoms with E-state index >= 15 is 0 Å². The van der Waals surface area contributed by atoms with Crippen molar-refractivity contribution in [1.29, 1.82) is 0 Å². The van der Waals surface area contributed by atoms with Gasteiger partial charge in [0.15, 0.2) is 11.6 Å². The van der Waals surface area contributed by atoms with E-state index in [-0.39, 0.29) is 11.1 Å². The van der Waals surface area contributed by atoms with E-state index in [9.17, 15) is 8.78 Å². The van der Waals surface area contributed by atoms with E-state index in [2.05, 4.69) is 5.43 Å². The third kappa shape index (κ3) is 3.20. The van der Waals surface area contributed by atoms with E-state index in [4.69, 9.17) is 10.6 Å². The molecule has 0 spiro atoms. The normalized spacial score (nSPS) is 12.2. The minimum Gasteiger partial charge on any atom is -0.494 e. The molecule has 2 rings (SSSR count). The third-order valence-corrected chi connectivity index (χ3v) is 3.31. The minimum atomic E-state index is -0.883. The van der Waals surface area contributed by atoms with Gasteiger partial charge in [-0.25, -0.2) is 14.2 Å². The molecule has 1 unspecified atom stereocenters. The first-order valence-corrected chi connectivity index (χ1v) is 6.71. The topological polar surface area (TPSA) is 47.3 Å². The van der Waals surface area contributed by atoms with Crippen molar-refractivity contribution in [2.75, 3.05) is 6.61 Å². The van der Waals surface area contributed by atoms with Crippen molar-refractivity contribution >= 4 is 0 Å². The molecule has 0 bridgehead atoms. The molecule has 1 atom stereocenters. The van der Waals surface area contributed by atoms with Crippen LogP contribution in [0.25, 0.3) is 0 Å². The lowest BCUT2D eigenvalue weighted by Crippen LogP contribution is -2.29. The fraction of sp³-hybridized carbons (Fsp3) is 0.250. The molecule has 2 aromatic carbocycles. The Balaban J connectivity index is 2.37. The number of ether oxygens (including phenoxy) is 1. The van der Waals surface area contributed by atoms with E-state index in [0.717, 1.165) is 5.56 Å². The zero-order valence-corrected chi connectivity index (χ0v) is 12.0. The second-order valence-corrected chi connectivity index (χ2v) is 4.70. The van der Waals surface area contributed by atoms with Crippen LogP contribution in [0.2, 0.25) is 0 Å². The highest BCUT2D eigenvalue weighted by atomic mass is 19.2. The Bertz CT molecular complexity index is 614. The Kier molecular flexibility index (Phi) is 4.88. The average Bonchev–Trinajstić information content (AvgIpc) is 2.50. The maximum absolute atomic E-state index is 14.1. The Morgan fingerprint density at radius 1 is 1.10 bits per heavy atom. The lowest BCUT2D eigenvalue weighted by molar-refractivity contribution is 0.340. The number of nitrogens with two attached hydrogens (primary N) is 1. The summed E-state index contributed by atoms with van der Waals surface area (Å²) in [5, 5.41) is 0. The van der Waals surface area contributed by atoms with Crippen LogP contribution in [0, 0.1) is 18.6 Å². The Morgan fingerprint density at radius 3 is 2.33 bits per heavy atom. The van der Waals surface area contributed by atoms with Crippen molar-refractivity contribution in [2.24, 2.45) is 5.84 Å². The molecule has 0 heterocycles. The first-order chi connectivity index (χ1) is 10.1. The SMILES string of the molecule is CCOc1ccc(C(NN)c2ccc(C)c(F)c2F)cc1. The summed E-state index contributed by atoms with van der Waals surface area (Å²) in [6.45, 7) is 3.97. The smallest absolute Gasteiger partial charge is 0.164 e. The standard InChI is InChI=1S/C16H18F2N2O/c1-3-21-12-7-5-11(6-8-12)16(20-19)13-9-4-10(2)14(17)15(13)18/h4-9,16,20H,3,19H2,1-2H3. The molecule has 2 aromatic rings. The van der Waals surface area contributed by atoms with Crippen molar-refractivity contribution in [3.8, 4) is 5.75 Å². The average molecular weight is 292 g/mol. The van der Waals surface area contributed by atoms with E-state index in [1.165, 1.54) is 19.1 Å². The first-order valence-electron chi connectivity index (χ1n) is 6.71. The quantitative estimate of drug-likeness (QED) is 0.657. The van der Waals surface area contributed by atoms with Gasteiger partial charge in [0.2, 0.25) is 0 Å². The van der Waals surface area contributed by atoms with E-state index in [1.807, 2.05) is 6.92 Å². The summed E-state index contributed by atoms with van der Waals surface area (Å²) >= 11 is 0. The maximum atomic E-state index is 14.1. The van der Waals surface area contributed by atoms with Crippen molar-refractivity contribution in [3.63, 3.8) is 0 Å². The van der Waals surface area contributed by atoms with Gasteiger partial charge in [-0.1, -0.05) is 24.3 Å². The molecular weight excluding hydrogens is 274 g/mol. The van der Waals surface area contributed by atoms with Gasteiger partial charge in [-0.3, -0.25) is 5.84 Å². The molecule has 0 saturated heterocycles. The Morgan fingerprint density at radius 2 is 1.76 bits per heavy atom. The lowest BCUT2D eigenvalue weighted by atomic mass is 9.97. The van der Waals surface area contributed by atoms with E-state index in [0.29, 0.717) is 12.4 Å². The van der Waals surface area contributed by atoms with Crippen LogP contribution < -0.4 is 16.0 Å². The van der Waals surface area contributed by atoms with Crippen LogP contribution in [0.3, 0.4) is 0 Å². The molecule has 0 aliphatic carbocycles. The van der Waals surface area contributed by atoms with Crippen LogP contribution in [-0.4, -0.2) is 6.61 Å². The van der Waals surface area contributed by atoms with Crippen LogP contribution in [0.4, 0.5) is 8.78 Å². The zero-order valence-electron chi connectivity index (χ0n) is 12.0. The molecule has 0 amide bonds. The number of rotatable bonds is 5. The number of benzene rings is 2. The van der Waals surface area contributed by atoms with Gasteiger partial charge in [-0.2, -0.15) is 0 Å². The largest absolute Gasteiger partial charge is 0.494 e. The maximum Gasteiger partial charge on any atom is 0.164 e. The molecule has 0 radical (unpaired) electrons. The molecule has 0 aliphatic rings. The first kappa shape index (κ1) is 15.4. The van der Waals surface area contributed by atoms with Crippen LogP contribution in [-0.2, 0) is 0 Å². The van der Waals surface area contributed by atoms with Gasteiger partial charge < -0.3 is 4.74 Å². The number of hydrogen-bond acceptors (Lipinski definition) is 3. The molecule has 112 valence electrons. The summed E-state index contributed by atoms with van der Waals surface area (Å²) in [5.41, 5.74) is 3.69. The number of hydrogen-bond donors (Lipinski definition) is 2. The Hall–Kier alpha value is -1.98. The van der Waals surface area contributed by atoms with E-state index in [1.54, 1.807) is 24.3 Å². The molecule has 0 fully saturated rings. The molecule has 0 aliphatic heterocycles. The summed E-state index contributed by atoms with van der Waals surface area (Å²) in [6, 6.07) is 9.52. The van der Waals surface area contributed by atoms with Gasteiger partial charge in [0.25, 0.3) is 0 Å².